The monoisotopic (exact) mass is 297 g/mol. The number of aliphatic hydroxyl groups is 1. The average Bonchev–Trinajstić information content (AvgIpc) is 2.81. The molecule has 0 spiro atoms. The van der Waals surface area contributed by atoms with Gasteiger partial charge in [0.15, 0.2) is 0 Å². The Balaban J connectivity index is 2.16. The van der Waals surface area contributed by atoms with Gasteiger partial charge >= 0.3 is 0 Å². The number of benzene rings is 1. The fourth-order valence-electron chi connectivity index (χ4n) is 1.47. The van der Waals surface area contributed by atoms with Gasteiger partial charge in [0.2, 0.25) is 11.7 Å². The second-order valence-electron chi connectivity index (χ2n) is 3.86. The number of nitriles is 1. The molecule has 19 heavy (non-hydrogen) atoms. The van der Waals surface area contributed by atoms with Gasteiger partial charge in [-0.15, -0.1) is 0 Å². The number of halogens is 2. The lowest BCUT2D eigenvalue weighted by Crippen LogP contribution is -2.09. The van der Waals surface area contributed by atoms with Crippen LogP contribution in [0.2, 0.25) is 10.0 Å². The maximum absolute atomic E-state index is 9.47. The standard InChI is InChI=1S/C12H9Cl2N3O2/c13-9-2-1-7(5-10(9)14)12-16-11(19-17-12)6-8(18)3-4-15/h1-2,5,8,18H,3,6H2. The normalized spacial score (nSPS) is 12.1. The van der Waals surface area contributed by atoms with E-state index in [1.807, 2.05) is 6.07 Å². The van der Waals surface area contributed by atoms with E-state index >= 15 is 0 Å². The molecule has 0 fully saturated rings. The van der Waals surface area contributed by atoms with Crippen LogP contribution in [0.25, 0.3) is 11.4 Å². The minimum Gasteiger partial charge on any atom is -0.392 e. The maximum Gasteiger partial charge on any atom is 0.229 e. The van der Waals surface area contributed by atoms with Crippen LogP contribution >= 0.6 is 23.2 Å². The Morgan fingerprint density at radius 1 is 1.37 bits per heavy atom. The van der Waals surface area contributed by atoms with Crippen LogP contribution < -0.4 is 0 Å². The van der Waals surface area contributed by atoms with E-state index in [1.165, 1.54) is 0 Å². The molecule has 1 atom stereocenters. The number of hydrogen-bond donors (Lipinski definition) is 1. The van der Waals surface area contributed by atoms with E-state index < -0.39 is 6.10 Å². The van der Waals surface area contributed by atoms with Gasteiger partial charge in [0.05, 0.1) is 35.1 Å². The molecule has 0 aliphatic carbocycles. The molecule has 0 aliphatic rings. The Bertz CT molecular complexity index is 622. The van der Waals surface area contributed by atoms with Crippen molar-refractivity contribution >= 4 is 23.2 Å². The summed E-state index contributed by atoms with van der Waals surface area (Å²) < 4.78 is 5.00. The molecule has 1 aromatic heterocycles. The predicted octanol–water partition coefficient (Wildman–Crippen LogP) is 2.86. The molecule has 1 aromatic carbocycles. The lowest BCUT2D eigenvalue weighted by molar-refractivity contribution is 0.167. The molecule has 2 rings (SSSR count). The molecule has 1 heterocycles. The summed E-state index contributed by atoms with van der Waals surface area (Å²) in [5.41, 5.74) is 0.666. The summed E-state index contributed by atoms with van der Waals surface area (Å²) in [5, 5.41) is 22.6. The molecule has 0 bridgehead atoms. The third-order valence-electron chi connectivity index (χ3n) is 2.38. The van der Waals surface area contributed by atoms with Crippen molar-refractivity contribution in [3.05, 3.63) is 34.1 Å². The molecular weight excluding hydrogens is 289 g/mol. The van der Waals surface area contributed by atoms with Gasteiger partial charge in [0, 0.05) is 5.56 Å². The zero-order valence-electron chi connectivity index (χ0n) is 9.68. The van der Waals surface area contributed by atoms with Crippen LogP contribution in [-0.2, 0) is 6.42 Å². The summed E-state index contributed by atoms with van der Waals surface area (Å²) in [7, 11) is 0. The van der Waals surface area contributed by atoms with Gasteiger partial charge in [-0.1, -0.05) is 28.4 Å². The molecule has 98 valence electrons. The molecule has 0 saturated heterocycles. The van der Waals surface area contributed by atoms with Crippen molar-refractivity contribution < 1.29 is 9.63 Å². The van der Waals surface area contributed by atoms with Crippen LogP contribution in [0.3, 0.4) is 0 Å². The van der Waals surface area contributed by atoms with Gasteiger partial charge in [-0.25, -0.2) is 0 Å². The first-order valence-corrected chi connectivity index (χ1v) is 6.18. The van der Waals surface area contributed by atoms with Crippen LogP contribution in [0.15, 0.2) is 22.7 Å². The highest BCUT2D eigenvalue weighted by Crippen LogP contribution is 2.27. The maximum atomic E-state index is 9.47. The summed E-state index contributed by atoms with van der Waals surface area (Å²) in [6.45, 7) is 0. The zero-order chi connectivity index (χ0) is 13.8. The fourth-order valence-corrected chi connectivity index (χ4v) is 1.77. The Morgan fingerprint density at radius 3 is 2.84 bits per heavy atom. The number of aliphatic hydroxyl groups excluding tert-OH is 1. The van der Waals surface area contributed by atoms with E-state index in [9.17, 15) is 5.11 Å². The SMILES string of the molecule is N#CCC(O)Cc1nc(-c2ccc(Cl)c(Cl)c2)no1. The highest BCUT2D eigenvalue weighted by Gasteiger charge is 2.13. The predicted molar refractivity (Wildman–Crippen MR) is 69.7 cm³/mol. The van der Waals surface area contributed by atoms with Gasteiger partial charge in [-0.2, -0.15) is 10.2 Å². The van der Waals surface area contributed by atoms with Crippen molar-refractivity contribution in [1.29, 1.82) is 5.26 Å². The molecule has 0 aliphatic heterocycles. The van der Waals surface area contributed by atoms with E-state index in [0.717, 1.165) is 0 Å². The van der Waals surface area contributed by atoms with Gasteiger partial charge in [0.25, 0.3) is 0 Å². The molecule has 2 aromatic rings. The van der Waals surface area contributed by atoms with Crippen LogP contribution in [0.4, 0.5) is 0 Å². The summed E-state index contributed by atoms with van der Waals surface area (Å²) in [4.78, 5) is 4.12. The van der Waals surface area contributed by atoms with E-state index in [0.29, 0.717) is 21.4 Å². The van der Waals surface area contributed by atoms with E-state index in [4.69, 9.17) is 33.0 Å². The van der Waals surface area contributed by atoms with Crippen LogP contribution in [0.5, 0.6) is 0 Å². The fraction of sp³-hybridized carbons (Fsp3) is 0.250. The first kappa shape index (κ1) is 13.8. The molecule has 1 N–H and O–H groups in total. The first-order valence-electron chi connectivity index (χ1n) is 5.43. The highest BCUT2D eigenvalue weighted by molar-refractivity contribution is 6.42. The van der Waals surface area contributed by atoms with Crippen LogP contribution in [0, 0.1) is 11.3 Å². The zero-order valence-corrected chi connectivity index (χ0v) is 11.2. The van der Waals surface area contributed by atoms with Gasteiger partial charge in [-0.05, 0) is 18.2 Å². The summed E-state index contributed by atoms with van der Waals surface area (Å²) >= 11 is 11.7. The second-order valence-corrected chi connectivity index (χ2v) is 4.68. The Labute approximate surface area is 119 Å². The van der Waals surface area contributed by atoms with E-state index in [2.05, 4.69) is 10.1 Å². The van der Waals surface area contributed by atoms with Crippen LogP contribution in [0.1, 0.15) is 12.3 Å². The van der Waals surface area contributed by atoms with Crippen molar-refractivity contribution in [3.63, 3.8) is 0 Å². The summed E-state index contributed by atoms with van der Waals surface area (Å²) in [6, 6.07) is 6.85. The minimum absolute atomic E-state index is 0.0183. The number of rotatable bonds is 4. The highest BCUT2D eigenvalue weighted by atomic mass is 35.5. The Kier molecular flexibility index (Phi) is 4.38. The molecule has 5 nitrogen and oxygen atoms in total. The Morgan fingerprint density at radius 2 is 2.16 bits per heavy atom. The molecule has 7 heteroatoms. The third-order valence-corrected chi connectivity index (χ3v) is 3.12. The van der Waals surface area contributed by atoms with Crippen LogP contribution in [-0.4, -0.2) is 21.4 Å². The van der Waals surface area contributed by atoms with Crippen molar-refractivity contribution in [3.8, 4) is 17.5 Å². The number of aromatic nitrogens is 2. The minimum atomic E-state index is -0.813. The Hall–Kier alpha value is -1.61. The molecule has 0 saturated carbocycles. The molecule has 1 unspecified atom stereocenters. The second kappa shape index (κ2) is 6.02. The van der Waals surface area contributed by atoms with Gasteiger partial charge in [-0.3, -0.25) is 0 Å². The summed E-state index contributed by atoms with van der Waals surface area (Å²) in [6.07, 6.45) is -0.654. The summed E-state index contributed by atoms with van der Waals surface area (Å²) in [5.74, 6) is 0.626. The third kappa shape index (κ3) is 3.44. The first-order chi connectivity index (χ1) is 9.10. The largest absolute Gasteiger partial charge is 0.392 e. The number of hydrogen-bond acceptors (Lipinski definition) is 5. The van der Waals surface area contributed by atoms with Crippen molar-refractivity contribution in [2.75, 3.05) is 0 Å². The van der Waals surface area contributed by atoms with Gasteiger partial charge in [0.1, 0.15) is 0 Å². The average molecular weight is 298 g/mol. The van der Waals surface area contributed by atoms with Crippen molar-refractivity contribution in [2.24, 2.45) is 0 Å². The molecule has 0 radical (unpaired) electrons. The molecule has 0 amide bonds. The lowest BCUT2D eigenvalue weighted by atomic mass is 10.2. The molecular formula is C12H9Cl2N3O2. The van der Waals surface area contributed by atoms with Crippen molar-refractivity contribution in [1.82, 2.24) is 10.1 Å². The smallest absolute Gasteiger partial charge is 0.229 e. The van der Waals surface area contributed by atoms with E-state index in [1.54, 1.807) is 18.2 Å². The van der Waals surface area contributed by atoms with Crippen molar-refractivity contribution in [2.45, 2.75) is 18.9 Å². The topological polar surface area (TPSA) is 82.9 Å². The lowest BCUT2D eigenvalue weighted by Gasteiger charge is -2.00. The van der Waals surface area contributed by atoms with Gasteiger partial charge < -0.3 is 9.63 Å². The number of nitrogens with zero attached hydrogens (tertiary/aromatic N) is 3. The quantitative estimate of drug-likeness (QED) is 0.938. The van der Waals surface area contributed by atoms with E-state index in [-0.39, 0.29) is 18.7 Å².